The van der Waals surface area contributed by atoms with Crippen molar-refractivity contribution in [3.05, 3.63) is 60.3 Å². The van der Waals surface area contributed by atoms with E-state index in [1.807, 2.05) is 59.6 Å². The molecule has 6 atom stereocenters. The molecule has 0 unspecified atom stereocenters. The lowest BCUT2D eigenvalue weighted by Crippen LogP contribution is -2.60. The minimum atomic E-state index is -0.924. The van der Waals surface area contributed by atoms with Gasteiger partial charge in [-0.2, -0.15) is 5.26 Å². The van der Waals surface area contributed by atoms with E-state index in [-0.39, 0.29) is 29.9 Å². The average Bonchev–Trinajstić information content (AvgIpc) is 3.52. The van der Waals surface area contributed by atoms with E-state index in [1.165, 1.54) is 0 Å². The van der Waals surface area contributed by atoms with Gasteiger partial charge in [0.2, 0.25) is 5.91 Å². The van der Waals surface area contributed by atoms with E-state index < -0.39 is 5.41 Å². The number of nitrogens with one attached hydrogen (secondary N) is 1. The first kappa shape index (κ1) is 24.4. The first-order valence-corrected chi connectivity index (χ1v) is 13.4. The van der Waals surface area contributed by atoms with Crippen molar-refractivity contribution in [2.75, 3.05) is 17.6 Å². The maximum atomic E-state index is 13.9. The van der Waals surface area contributed by atoms with Gasteiger partial charge < -0.3 is 21.1 Å². The highest BCUT2D eigenvalue weighted by Gasteiger charge is 2.57. The maximum absolute atomic E-state index is 13.9. The number of aliphatic hydroxyl groups is 1. The SMILES string of the molecule is C[C@@H]1[C@H]2C[C@@H]([C@@]3(CCn4cc(-c5ccc(N)cc5)nn4)C(=O)Nc4ccccc43)N(C#N)C[C@@H]2CC[C@@H]1O. The topological polar surface area (TPSA) is 133 Å². The monoisotopic (exact) mass is 511 g/mol. The Bertz CT molecular complexity index is 1380. The fraction of sp³-hybridized carbons (Fsp3) is 0.448. The predicted octanol–water partition coefficient (Wildman–Crippen LogP) is 3.39. The van der Waals surface area contributed by atoms with Crippen LogP contribution in [0.4, 0.5) is 11.4 Å². The number of piperidine rings is 1. The number of nitriles is 1. The number of likely N-dealkylation sites (tertiary alicyclic amines) is 1. The fourth-order valence-corrected chi connectivity index (χ4v) is 7.12. The quantitative estimate of drug-likeness (QED) is 0.353. The Morgan fingerprint density at radius 3 is 2.79 bits per heavy atom. The van der Waals surface area contributed by atoms with Gasteiger partial charge in [-0.3, -0.25) is 9.48 Å². The number of nitrogens with two attached hydrogens (primary N) is 1. The highest BCUT2D eigenvalue weighted by Crippen LogP contribution is 2.51. The molecule has 1 amide bonds. The number of carbonyl (C=O) groups is 1. The number of fused-ring (bicyclic) bond motifs is 2. The first-order valence-electron chi connectivity index (χ1n) is 13.4. The number of carbonyl (C=O) groups excluding carboxylic acids is 1. The largest absolute Gasteiger partial charge is 0.399 e. The van der Waals surface area contributed by atoms with Crippen LogP contribution in [0, 0.1) is 29.2 Å². The molecule has 2 fully saturated rings. The third kappa shape index (κ3) is 3.91. The summed E-state index contributed by atoms with van der Waals surface area (Å²) in [5.74, 6) is 0.657. The molecule has 1 saturated heterocycles. The van der Waals surface area contributed by atoms with E-state index in [9.17, 15) is 15.2 Å². The Morgan fingerprint density at radius 1 is 1.21 bits per heavy atom. The number of aromatic nitrogens is 3. The van der Waals surface area contributed by atoms with Crippen LogP contribution in [-0.2, 0) is 16.8 Å². The van der Waals surface area contributed by atoms with Crippen molar-refractivity contribution in [1.29, 1.82) is 5.26 Å². The predicted molar refractivity (Wildman–Crippen MR) is 143 cm³/mol. The van der Waals surface area contributed by atoms with Crippen LogP contribution in [0.15, 0.2) is 54.7 Å². The number of aliphatic hydroxyl groups excluding tert-OH is 1. The summed E-state index contributed by atoms with van der Waals surface area (Å²) < 4.78 is 1.77. The minimum Gasteiger partial charge on any atom is -0.399 e. The maximum Gasteiger partial charge on any atom is 0.237 e. The zero-order valence-electron chi connectivity index (χ0n) is 21.5. The van der Waals surface area contributed by atoms with Gasteiger partial charge in [-0.15, -0.1) is 5.10 Å². The highest BCUT2D eigenvalue weighted by atomic mass is 16.3. The van der Waals surface area contributed by atoms with Gasteiger partial charge in [-0.25, -0.2) is 0 Å². The molecule has 0 bridgehead atoms. The van der Waals surface area contributed by atoms with Crippen molar-refractivity contribution in [1.82, 2.24) is 19.9 Å². The summed E-state index contributed by atoms with van der Waals surface area (Å²) in [6.07, 6.45) is 6.82. The Hall–Kier alpha value is -3.90. The van der Waals surface area contributed by atoms with Gasteiger partial charge in [-0.1, -0.05) is 42.5 Å². The lowest BCUT2D eigenvalue weighted by atomic mass is 9.61. The summed E-state index contributed by atoms with van der Waals surface area (Å²) in [6.45, 7) is 3.19. The number of hydrogen-bond donors (Lipinski definition) is 3. The summed E-state index contributed by atoms with van der Waals surface area (Å²) >= 11 is 0. The smallest absolute Gasteiger partial charge is 0.237 e. The van der Waals surface area contributed by atoms with E-state index in [0.717, 1.165) is 35.3 Å². The van der Waals surface area contributed by atoms with E-state index in [0.29, 0.717) is 37.5 Å². The van der Waals surface area contributed by atoms with Crippen molar-refractivity contribution >= 4 is 17.3 Å². The van der Waals surface area contributed by atoms with Crippen LogP contribution in [-0.4, -0.2) is 49.6 Å². The first-order chi connectivity index (χ1) is 18.4. The minimum absolute atomic E-state index is 0.0784. The molecule has 0 spiro atoms. The zero-order chi connectivity index (χ0) is 26.4. The second-order valence-electron chi connectivity index (χ2n) is 11.1. The van der Waals surface area contributed by atoms with E-state index in [4.69, 9.17) is 5.73 Å². The van der Waals surface area contributed by atoms with Crippen LogP contribution < -0.4 is 11.1 Å². The normalized spacial score (nSPS) is 30.3. The van der Waals surface area contributed by atoms with Crippen LogP contribution in [0.2, 0.25) is 0 Å². The lowest BCUT2D eigenvalue weighted by Gasteiger charge is -2.52. The third-order valence-electron chi connectivity index (χ3n) is 9.26. The van der Waals surface area contributed by atoms with Crippen molar-refractivity contribution in [2.45, 2.75) is 56.7 Å². The van der Waals surface area contributed by atoms with Gasteiger partial charge in [0, 0.05) is 30.0 Å². The van der Waals surface area contributed by atoms with Crippen LogP contribution in [0.1, 0.15) is 38.2 Å². The molecule has 9 nitrogen and oxygen atoms in total. The van der Waals surface area contributed by atoms with Gasteiger partial charge >= 0.3 is 0 Å². The van der Waals surface area contributed by atoms with E-state index >= 15 is 0 Å². The molecular formula is C29H33N7O2. The molecule has 38 heavy (non-hydrogen) atoms. The second kappa shape index (κ2) is 9.44. The van der Waals surface area contributed by atoms with Crippen molar-refractivity contribution in [3.8, 4) is 17.5 Å². The number of anilines is 2. The molecule has 3 aromatic rings. The number of hydrogen-bond acceptors (Lipinski definition) is 7. The van der Waals surface area contributed by atoms with Gasteiger partial charge in [0.25, 0.3) is 0 Å². The van der Waals surface area contributed by atoms with Crippen LogP contribution >= 0.6 is 0 Å². The Morgan fingerprint density at radius 2 is 2.00 bits per heavy atom. The van der Waals surface area contributed by atoms with Gasteiger partial charge in [-0.05, 0) is 67.2 Å². The van der Waals surface area contributed by atoms with Crippen molar-refractivity contribution in [2.24, 2.45) is 17.8 Å². The van der Waals surface area contributed by atoms with Crippen LogP contribution in [0.5, 0.6) is 0 Å². The van der Waals surface area contributed by atoms with Crippen LogP contribution in [0.25, 0.3) is 11.3 Å². The second-order valence-corrected chi connectivity index (χ2v) is 11.1. The van der Waals surface area contributed by atoms with Crippen LogP contribution in [0.3, 0.4) is 0 Å². The summed E-state index contributed by atoms with van der Waals surface area (Å²) in [6, 6.07) is 15.0. The fourth-order valence-electron chi connectivity index (χ4n) is 7.12. The molecular weight excluding hydrogens is 478 g/mol. The lowest BCUT2D eigenvalue weighted by molar-refractivity contribution is -0.126. The summed E-state index contributed by atoms with van der Waals surface area (Å²) in [4.78, 5) is 15.8. The number of nitrogen functional groups attached to an aromatic ring is 1. The summed E-state index contributed by atoms with van der Waals surface area (Å²) in [7, 11) is 0. The van der Waals surface area contributed by atoms with Gasteiger partial charge in [0.05, 0.1) is 23.8 Å². The molecule has 4 N–H and O–H groups in total. The number of para-hydroxylation sites is 1. The number of rotatable bonds is 5. The molecule has 3 heterocycles. The van der Waals surface area contributed by atoms with Gasteiger partial charge in [0.1, 0.15) is 5.69 Å². The number of aryl methyl sites for hydroxylation is 1. The molecule has 2 aliphatic heterocycles. The molecule has 1 aliphatic carbocycles. The highest BCUT2D eigenvalue weighted by molar-refractivity contribution is 6.07. The molecule has 9 heteroatoms. The summed E-state index contributed by atoms with van der Waals surface area (Å²) in [5, 5.41) is 32.7. The van der Waals surface area contributed by atoms with E-state index in [1.54, 1.807) is 4.68 Å². The standard InChI is InChI=1S/C29H33N7O2/c1-18-22-14-27(35(17-30)15-20(22)8-11-26(18)37)29(23-4-2-3-5-24(23)32-28(29)38)12-13-36-16-25(33-34-36)19-6-9-21(31)10-7-19/h2-7,9-10,16,18,20,22,26-27,37H,8,11-15,31H2,1H3,(H,32,38)/t18-,20+,22-,26+,27+,29+/m1/s1. The molecule has 1 aromatic heterocycles. The molecule has 3 aliphatic rings. The third-order valence-corrected chi connectivity index (χ3v) is 9.26. The van der Waals surface area contributed by atoms with Crippen molar-refractivity contribution in [3.63, 3.8) is 0 Å². The average molecular weight is 512 g/mol. The molecule has 196 valence electrons. The number of benzene rings is 2. The Balaban J connectivity index is 1.35. The molecule has 6 rings (SSSR count). The Kier molecular flexibility index (Phi) is 6.07. The number of amides is 1. The van der Waals surface area contributed by atoms with Crippen molar-refractivity contribution < 1.29 is 9.90 Å². The Labute approximate surface area is 222 Å². The zero-order valence-corrected chi connectivity index (χ0v) is 21.5. The van der Waals surface area contributed by atoms with Gasteiger partial charge in [0.15, 0.2) is 6.19 Å². The molecule has 0 radical (unpaired) electrons. The molecule has 1 saturated carbocycles. The van der Waals surface area contributed by atoms with E-state index in [2.05, 4.69) is 28.7 Å². The molecule has 2 aromatic carbocycles. The summed E-state index contributed by atoms with van der Waals surface area (Å²) in [5.41, 5.74) is 8.97. The number of nitrogens with zero attached hydrogens (tertiary/aromatic N) is 5.